The molecule has 0 atom stereocenters. The summed E-state index contributed by atoms with van der Waals surface area (Å²) in [7, 11) is 0. The second-order valence-electron chi connectivity index (χ2n) is 1.97. The summed E-state index contributed by atoms with van der Waals surface area (Å²) in [6, 6.07) is 0.944. The summed E-state index contributed by atoms with van der Waals surface area (Å²) in [5.41, 5.74) is 4.62. The quantitative estimate of drug-likeness (QED) is 0.651. The van der Waals surface area contributed by atoms with E-state index in [4.69, 9.17) is 10.8 Å². The topological polar surface area (TPSA) is 59.1 Å². The van der Waals surface area contributed by atoms with Gasteiger partial charge in [-0.15, -0.1) is 0 Å². The predicted molar refractivity (Wildman–Crippen MR) is 35.3 cm³/mol. The SMILES string of the molecule is Nc1cc(C(F)F)c(O)cn1. The Bertz CT molecular complexity index is 265. The number of anilines is 1. The van der Waals surface area contributed by atoms with E-state index >= 15 is 0 Å². The molecule has 0 unspecified atom stereocenters. The minimum atomic E-state index is -2.72. The van der Waals surface area contributed by atoms with Crippen LogP contribution in [0.5, 0.6) is 5.75 Å². The number of rotatable bonds is 1. The van der Waals surface area contributed by atoms with E-state index < -0.39 is 17.7 Å². The molecule has 3 N–H and O–H groups in total. The number of hydrogen-bond acceptors (Lipinski definition) is 3. The third-order valence-corrected chi connectivity index (χ3v) is 1.17. The van der Waals surface area contributed by atoms with Crippen LogP contribution >= 0.6 is 0 Å². The number of aromatic hydroxyl groups is 1. The Morgan fingerprint density at radius 1 is 1.55 bits per heavy atom. The number of nitrogen functional groups attached to an aromatic ring is 1. The van der Waals surface area contributed by atoms with Crippen molar-refractivity contribution in [3.05, 3.63) is 17.8 Å². The number of nitrogens with zero attached hydrogens (tertiary/aromatic N) is 1. The molecule has 0 amide bonds. The second kappa shape index (κ2) is 2.69. The first-order valence-corrected chi connectivity index (χ1v) is 2.84. The van der Waals surface area contributed by atoms with E-state index in [1.54, 1.807) is 0 Å². The van der Waals surface area contributed by atoms with Gasteiger partial charge in [0, 0.05) is 0 Å². The van der Waals surface area contributed by atoms with Crippen LogP contribution in [0, 0.1) is 0 Å². The molecule has 0 aliphatic carbocycles. The van der Waals surface area contributed by atoms with Crippen LogP contribution in [0.4, 0.5) is 14.6 Å². The van der Waals surface area contributed by atoms with Gasteiger partial charge in [-0.1, -0.05) is 0 Å². The highest BCUT2D eigenvalue weighted by Crippen LogP contribution is 2.27. The molecule has 0 bridgehead atoms. The molecule has 11 heavy (non-hydrogen) atoms. The molecule has 1 aromatic rings. The predicted octanol–water partition coefficient (Wildman–Crippen LogP) is 1.31. The van der Waals surface area contributed by atoms with Crippen LogP contribution in [0.15, 0.2) is 12.3 Å². The summed E-state index contributed by atoms with van der Waals surface area (Å²) in [6.07, 6.45) is -1.82. The number of pyridine rings is 1. The monoisotopic (exact) mass is 160 g/mol. The van der Waals surface area contributed by atoms with Crippen molar-refractivity contribution in [3.63, 3.8) is 0 Å². The van der Waals surface area contributed by atoms with Crippen molar-refractivity contribution in [2.45, 2.75) is 6.43 Å². The molecule has 1 aromatic heterocycles. The first kappa shape index (κ1) is 7.71. The van der Waals surface area contributed by atoms with E-state index in [2.05, 4.69) is 4.98 Å². The largest absolute Gasteiger partial charge is 0.506 e. The lowest BCUT2D eigenvalue weighted by atomic mass is 10.2. The maximum absolute atomic E-state index is 12.0. The smallest absolute Gasteiger partial charge is 0.267 e. The zero-order chi connectivity index (χ0) is 8.43. The van der Waals surface area contributed by atoms with Crippen LogP contribution < -0.4 is 5.73 Å². The van der Waals surface area contributed by atoms with Gasteiger partial charge < -0.3 is 10.8 Å². The number of aromatic nitrogens is 1. The minimum absolute atomic E-state index is 0.0295. The Hall–Kier alpha value is -1.39. The molecule has 0 aliphatic rings. The van der Waals surface area contributed by atoms with Crippen molar-refractivity contribution in [1.82, 2.24) is 4.98 Å². The first-order chi connectivity index (χ1) is 5.11. The van der Waals surface area contributed by atoms with E-state index in [1.807, 2.05) is 0 Å². The van der Waals surface area contributed by atoms with Gasteiger partial charge in [-0.3, -0.25) is 0 Å². The Kier molecular flexibility index (Phi) is 1.89. The zero-order valence-corrected chi connectivity index (χ0v) is 5.46. The molecule has 1 heterocycles. The van der Waals surface area contributed by atoms with Gasteiger partial charge in [0.15, 0.2) is 0 Å². The lowest BCUT2D eigenvalue weighted by Crippen LogP contribution is -1.93. The molecule has 0 saturated heterocycles. The molecule has 0 radical (unpaired) electrons. The van der Waals surface area contributed by atoms with Gasteiger partial charge in [0.05, 0.1) is 11.8 Å². The Balaban J connectivity index is 3.13. The van der Waals surface area contributed by atoms with Crippen LogP contribution in [0.2, 0.25) is 0 Å². The highest BCUT2D eigenvalue weighted by atomic mass is 19.3. The van der Waals surface area contributed by atoms with Gasteiger partial charge in [0.2, 0.25) is 0 Å². The molecule has 3 nitrogen and oxygen atoms in total. The molecule has 0 aliphatic heterocycles. The third-order valence-electron chi connectivity index (χ3n) is 1.17. The van der Waals surface area contributed by atoms with Crippen molar-refractivity contribution >= 4 is 5.82 Å². The molecule has 0 aromatic carbocycles. The maximum atomic E-state index is 12.0. The summed E-state index contributed by atoms with van der Waals surface area (Å²) >= 11 is 0. The fourth-order valence-corrected chi connectivity index (χ4v) is 0.656. The average Bonchev–Trinajstić information content (AvgIpc) is 1.94. The summed E-state index contributed by atoms with van der Waals surface area (Å²) in [6.45, 7) is 0. The number of halogens is 2. The van der Waals surface area contributed by atoms with E-state index in [0.717, 1.165) is 12.3 Å². The zero-order valence-electron chi connectivity index (χ0n) is 5.46. The molecule has 5 heteroatoms. The normalized spacial score (nSPS) is 10.5. The van der Waals surface area contributed by atoms with Crippen LogP contribution in [-0.4, -0.2) is 10.1 Å². The van der Waals surface area contributed by atoms with Crippen molar-refractivity contribution in [1.29, 1.82) is 0 Å². The number of nitrogens with two attached hydrogens (primary N) is 1. The summed E-state index contributed by atoms with van der Waals surface area (Å²) in [4.78, 5) is 3.42. The van der Waals surface area contributed by atoms with E-state index in [-0.39, 0.29) is 5.82 Å². The lowest BCUT2D eigenvalue weighted by molar-refractivity contribution is 0.147. The minimum Gasteiger partial charge on any atom is -0.506 e. The van der Waals surface area contributed by atoms with Crippen molar-refractivity contribution in [2.24, 2.45) is 0 Å². The summed E-state index contributed by atoms with van der Waals surface area (Å²) < 4.78 is 23.9. The average molecular weight is 160 g/mol. The summed E-state index contributed by atoms with van der Waals surface area (Å²) in [5.74, 6) is -0.563. The maximum Gasteiger partial charge on any atom is 0.267 e. The molecule has 1 rings (SSSR count). The standard InChI is InChI=1S/C6H6F2N2O/c7-6(8)3-1-5(9)10-2-4(3)11/h1-2,6,11H,(H2,9,10). The fourth-order valence-electron chi connectivity index (χ4n) is 0.656. The Labute approximate surface area is 61.5 Å². The van der Waals surface area contributed by atoms with E-state index in [1.165, 1.54) is 0 Å². The van der Waals surface area contributed by atoms with Gasteiger partial charge in [-0.2, -0.15) is 0 Å². The van der Waals surface area contributed by atoms with Crippen LogP contribution in [0.1, 0.15) is 12.0 Å². The lowest BCUT2D eigenvalue weighted by Gasteiger charge is -2.02. The first-order valence-electron chi connectivity index (χ1n) is 2.84. The third kappa shape index (κ3) is 1.54. The second-order valence-corrected chi connectivity index (χ2v) is 1.97. The van der Waals surface area contributed by atoms with Gasteiger partial charge in [0.1, 0.15) is 11.6 Å². The molecule has 0 saturated carbocycles. The van der Waals surface area contributed by atoms with E-state index in [9.17, 15) is 8.78 Å². The molecule has 60 valence electrons. The van der Waals surface area contributed by atoms with Crippen LogP contribution in [0.25, 0.3) is 0 Å². The Morgan fingerprint density at radius 3 is 2.64 bits per heavy atom. The molecule has 0 spiro atoms. The molecule has 0 fully saturated rings. The molecular weight excluding hydrogens is 154 g/mol. The Morgan fingerprint density at radius 2 is 2.18 bits per heavy atom. The number of hydrogen-bond donors (Lipinski definition) is 2. The van der Waals surface area contributed by atoms with Gasteiger partial charge >= 0.3 is 0 Å². The van der Waals surface area contributed by atoms with E-state index in [0.29, 0.717) is 0 Å². The highest BCUT2D eigenvalue weighted by molar-refractivity contribution is 5.40. The fraction of sp³-hybridized carbons (Fsp3) is 0.167. The number of alkyl halides is 2. The molecular formula is C6H6F2N2O. The van der Waals surface area contributed by atoms with Crippen molar-refractivity contribution in [3.8, 4) is 5.75 Å². The summed E-state index contributed by atoms with van der Waals surface area (Å²) in [5, 5.41) is 8.81. The van der Waals surface area contributed by atoms with Gasteiger partial charge in [-0.25, -0.2) is 13.8 Å². The van der Waals surface area contributed by atoms with Gasteiger partial charge in [-0.05, 0) is 6.07 Å². The van der Waals surface area contributed by atoms with Crippen molar-refractivity contribution in [2.75, 3.05) is 5.73 Å². The van der Waals surface area contributed by atoms with Gasteiger partial charge in [0.25, 0.3) is 6.43 Å². The van der Waals surface area contributed by atoms with Crippen molar-refractivity contribution < 1.29 is 13.9 Å². The van der Waals surface area contributed by atoms with Crippen LogP contribution in [0.3, 0.4) is 0 Å². The highest BCUT2D eigenvalue weighted by Gasteiger charge is 2.12. The van der Waals surface area contributed by atoms with Crippen LogP contribution in [-0.2, 0) is 0 Å².